The lowest BCUT2D eigenvalue weighted by Gasteiger charge is -2.29. The molecule has 0 radical (unpaired) electrons. The van der Waals surface area contributed by atoms with Gasteiger partial charge in [0.1, 0.15) is 6.04 Å². The SMILES string of the molecule is CCN(Cc1ccccc1)C(=O)C(C)N1C(=O)C2CCCCC2C1=O. The van der Waals surface area contributed by atoms with Gasteiger partial charge < -0.3 is 4.90 Å². The molecule has 3 atom stereocenters. The van der Waals surface area contributed by atoms with E-state index in [1.165, 1.54) is 4.90 Å². The number of amides is 3. The zero-order valence-electron chi connectivity index (χ0n) is 15.0. The Balaban J connectivity index is 1.74. The van der Waals surface area contributed by atoms with Crippen molar-refractivity contribution >= 4 is 17.7 Å². The molecule has 3 unspecified atom stereocenters. The molecule has 1 aliphatic heterocycles. The summed E-state index contributed by atoms with van der Waals surface area (Å²) in [4.78, 5) is 41.3. The number of benzene rings is 1. The van der Waals surface area contributed by atoms with Gasteiger partial charge in [0, 0.05) is 13.1 Å². The first kappa shape index (κ1) is 17.6. The Hall–Kier alpha value is -2.17. The number of likely N-dealkylation sites (tertiary alicyclic amines) is 1. The molecule has 25 heavy (non-hydrogen) atoms. The van der Waals surface area contributed by atoms with Gasteiger partial charge in [-0.3, -0.25) is 19.3 Å². The van der Waals surface area contributed by atoms with Gasteiger partial charge in [0.15, 0.2) is 0 Å². The molecule has 3 rings (SSSR count). The second-order valence-corrected chi connectivity index (χ2v) is 7.06. The number of hydrogen-bond donors (Lipinski definition) is 0. The highest BCUT2D eigenvalue weighted by atomic mass is 16.2. The van der Waals surface area contributed by atoms with Gasteiger partial charge in [0.05, 0.1) is 11.8 Å². The molecule has 3 amide bonds. The summed E-state index contributed by atoms with van der Waals surface area (Å²) < 4.78 is 0. The Morgan fingerprint density at radius 3 is 2.20 bits per heavy atom. The number of fused-ring (bicyclic) bond motifs is 1. The number of imide groups is 1. The Morgan fingerprint density at radius 2 is 1.68 bits per heavy atom. The molecule has 2 aliphatic rings. The molecule has 0 bridgehead atoms. The smallest absolute Gasteiger partial charge is 0.245 e. The maximum atomic E-state index is 12.9. The third-order valence-electron chi connectivity index (χ3n) is 5.53. The van der Waals surface area contributed by atoms with Gasteiger partial charge in [-0.15, -0.1) is 0 Å². The number of nitrogens with zero attached hydrogens (tertiary/aromatic N) is 2. The molecule has 1 aliphatic carbocycles. The van der Waals surface area contributed by atoms with Crippen LogP contribution in [0.4, 0.5) is 0 Å². The van der Waals surface area contributed by atoms with Crippen LogP contribution in [0.2, 0.25) is 0 Å². The molecule has 0 aromatic heterocycles. The van der Waals surface area contributed by atoms with Gasteiger partial charge in [0.2, 0.25) is 17.7 Å². The van der Waals surface area contributed by atoms with Crippen LogP contribution in [0.3, 0.4) is 0 Å². The number of likely N-dealkylation sites (N-methyl/N-ethyl adjacent to an activating group) is 1. The van der Waals surface area contributed by atoms with E-state index >= 15 is 0 Å². The highest BCUT2D eigenvalue weighted by molar-refractivity contribution is 6.08. The van der Waals surface area contributed by atoms with Gasteiger partial charge in [-0.1, -0.05) is 43.2 Å². The van der Waals surface area contributed by atoms with E-state index in [1.54, 1.807) is 11.8 Å². The number of carbonyl (C=O) groups excluding carboxylic acids is 3. The van der Waals surface area contributed by atoms with Crippen LogP contribution in [0.1, 0.15) is 45.1 Å². The van der Waals surface area contributed by atoms with E-state index in [4.69, 9.17) is 0 Å². The Morgan fingerprint density at radius 1 is 1.12 bits per heavy atom. The summed E-state index contributed by atoms with van der Waals surface area (Å²) in [6.07, 6.45) is 3.53. The molecule has 1 aromatic carbocycles. The van der Waals surface area contributed by atoms with E-state index < -0.39 is 6.04 Å². The van der Waals surface area contributed by atoms with Gasteiger partial charge >= 0.3 is 0 Å². The lowest BCUT2D eigenvalue weighted by molar-refractivity contribution is -0.151. The van der Waals surface area contributed by atoms with Gasteiger partial charge in [0.25, 0.3) is 0 Å². The second kappa shape index (κ2) is 7.38. The Bertz CT molecular complexity index is 634. The third kappa shape index (κ3) is 3.32. The minimum absolute atomic E-state index is 0.147. The van der Waals surface area contributed by atoms with Crippen LogP contribution in [0.15, 0.2) is 30.3 Å². The first-order valence-corrected chi connectivity index (χ1v) is 9.24. The molecular formula is C20H26N2O3. The molecule has 1 heterocycles. The summed E-state index contributed by atoms with van der Waals surface area (Å²) in [6.45, 7) is 4.63. The average molecular weight is 342 g/mol. The van der Waals surface area contributed by atoms with Crippen molar-refractivity contribution in [3.8, 4) is 0 Å². The van der Waals surface area contributed by atoms with Crippen molar-refractivity contribution in [2.45, 2.75) is 52.1 Å². The van der Waals surface area contributed by atoms with Gasteiger partial charge in [-0.25, -0.2) is 0 Å². The Labute approximate surface area is 149 Å². The highest BCUT2D eigenvalue weighted by Gasteiger charge is 2.51. The fraction of sp³-hybridized carbons (Fsp3) is 0.550. The summed E-state index contributed by atoms with van der Waals surface area (Å²) >= 11 is 0. The van der Waals surface area contributed by atoms with Crippen LogP contribution in [-0.2, 0) is 20.9 Å². The van der Waals surface area contributed by atoms with Crippen LogP contribution in [0.25, 0.3) is 0 Å². The average Bonchev–Trinajstić information content (AvgIpc) is 2.90. The monoisotopic (exact) mass is 342 g/mol. The molecule has 1 saturated heterocycles. The normalized spacial score (nSPS) is 24.2. The zero-order chi connectivity index (χ0) is 18.0. The molecule has 134 valence electrons. The molecule has 2 fully saturated rings. The van der Waals surface area contributed by atoms with E-state index in [0.29, 0.717) is 13.1 Å². The van der Waals surface area contributed by atoms with Crippen molar-refractivity contribution in [1.82, 2.24) is 9.80 Å². The van der Waals surface area contributed by atoms with Crippen molar-refractivity contribution < 1.29 is 14.4 Å². The minimum Gasteiger partial charge on any atom is -0.337 e. The maximum Gasteiger partial charge on any atom is 0.245 e. The van der Waals surface area contributed by atoms with Crippen LogP contribution in [-0.4, -0.2) is 40.1 Å². The molecule has 1 aromatic rings. The van der Waals surface area contributed by atoms with Crippen LogP contribution in [0.5, 0.6) is 0 Å². The number of carbonyl (C=O) groups is 3. The van der Waals surface area contributed by atoms with Crippen LogP contribution in [0, 0.1) is 11.8 Å². The van der Waals surface area contributed by atoms with Crippen molar-refractivity contribution in [2.24, 2.45) is 11.8 Å². The van der Waals surface area contributed by atoms with Gasteiger partial charge in [-0.2, -0.15) is 0 Å². The predicted octanol–water partition coefficient (Wildman–Crippen LogP) is 2.60. The van der Waals surface area contributed by atoms with Crippen molar-refractivity contribution in [3.63, 3.8) is 0 Å². The van der Waals surface area contributed by atoms with E-state index in [2.05, 4.69) is 0 Å². The molecular weight excluding hydrogens is 316 g/mol. The first-order valence-electron chi connectivity index (χ1n) is 9.24. The predicted molar refractivity (Wildman–Crippen MR) is 94.3 cm³/mol. The van der Waals surface area contributed by atoms with Crippen LogP contribution < -0.4 is 0 Å². The summed E-state index contributed by atoms with van der Waals surface area (Å²) in [5.41, 5.74) is 1.04. The topological polar surface area (TPSA) is 57.7 Å². The third-order valence-corrected chi connectivity index (χ3v) is 5.53. The van der Waals surface area contributed by atoms with Crippen molar-refractivity contribution in [1.29, 1.82) is 0 Å². The highest BCUT2D eigenvalue weighted by Crippen LogP contribution is 2.39. The Kier molecular flexibility index (Phi) is 5.21. The van der Waals surface area contributed by atoms with Crippen LogP contribution >= 0.6 is 0 Å². The summed E-state index contributed by atoms with van der Waals surface area (Å²) in [5.74, 6) is -0.870. The lowest BCUT2D eigenvalue weighted by Crippen LogP contribution is -2.49. The van der Waals surface area contributed by atoms with Gasteiger partial charge in [-0.05, 0) is 32.3 Å². The van der Waals surface area contributed by atoms with Crippen molar-refractivity contribution in [3.05, 3.63) is 35.9 Å². The minimum atomic E-state index is -0.728. The maximum absolute atomic E-state index is 12.9. The molecule has 0 spiro atoms. The number of rotatable bonds is 5. The molecule has 0 N–H and O–H groups in total. The standard InChI is InChI=1S/C20H26N2O3/c1-3-21(13-15-9-5-4-6-10-15)18(23)14(2)22-19(24)16-11-7-8-12-17(16)20(22)25/h4-6,9-10,14,16-17H,3,7-8,11-13H2,1-2H3. The molecule has 5 heteroatoms. The van der Waals surface area contributed by atoms with Crippen molar-refractivity contribution in [2.75, 3.05) is 6.54 Å². The number of hydrogen-bond acceptors (Lipinski definition) is 3. The van der Waals surface area contributed by atoms with E-state index in [1.807, 2.05) is 37.3 Å². The summed E-state index contributed by atoms with van der Waals surface area (Å²) in [6, 6.07) is 9.04. The molecule has 1 saturated carbocycles. The fourth-order valence-corrected chi connectivity index (χ4v) is 4.09. The van der Waals surface area contributed by atoms with E-state index in [9.17, 15) is 14.4 Å². The lowest BCUT2D eigenvalue weighted by atomic mass is 9.81. The zero-order valence-corrected chi connectivity index (χ0v) is 15.0. The summed E-state index contributed by atoms with van der Waals surface area (Å²) in [7, 11) is 0. The van der Waals surface area contributed by atoms with E-state index in [0.717, 1.165) is 31.2 Å². The first-order chi connectivity index (χ1) is 12.0. The molecule has 5 nitrogen and oxygen atoms in total. The fourth-order valence-electron chi connectivity index (χ4n) is 4.09. The second-order valence-electron chi connectivity index (χ2n) is 7.06. The quantitative estimate of drug-likeness (QED) is 0.773. The summed E-state index contributed by atoms with van der Waals surface area (Å²) in [5, 5.41) is 0. The van der Waals surface area contributed by atoms with E-state index in [-0.39, 0.29) is 29.6 Å². The largest absolute Gasteiger partial charge is 0.337 e.